The Balaban J connectivity index is 1.97. The summed E-state index contributed by atoms with van der Waals surface area (Å²) in [5, 5.41) is 3.56. The number of methoxy groups -OCH3 is 1. The van der Waals surface area contributed by atoms with Crippen molar-refractivity contribution in [1.82, 2.24) is 15.3 Å². The van der Waals surface area contributed by atoms with Crippen molar-refractivity contribution >= 4 is 0 Å². The van der Waals surface area contributed by atoms with Crippen LogP contribution in [0.5, 0.6) is 5.88 Å². The maximum atomic E-state index is 5.70. The van der Waals surface area contributed by atoms with Crippen LogP contribution in [0.25, 0.3) is 0 Å². The van der Waals surface area contributed by atoms with Crippen molar-refractivity contribution < 1.29 is 9.47 Å². The predicted molar refractivity (Wildman–Crippen MR) is 77.8 cm³/mol. The van der Waals surface area contributed by atoms with Gasteiger partial charge in [-0.15, -0.1) is 0 Å². The highest BCUT2D eigenvalue weighted by molar-refractivity contribution is 5.16. The smallest absolute Gasteiger partial charge is 0.216 e. The summed E-state index contributed by atoms with van der Waals surface area (Å²) < 4.78 is 10.9. The summed E-state index contributed by atoms with van der Waals surface area (Å²) in [4.78, 5) is 8.46. The Bertz CT molecular complexity index is 394. The molecule has 1 aromatic heterocycles. The molecule has 0 aromatic carbocycles. The summed E-state index contributed by atoms with van der Waals surface area (Å²) >= 11 is 0. The van der Waals surface area contributed by atoms with E-state index in [1.165, 1.54) is 12.8 Å². The first kappa shape index (κ1) is 15.2. The van der Waals surface area contributed by atoms with Gasteiger partial charge in [-0.05, 0) is 38.6 Å². The van der Waals surface area contributed by atoms with Gasteiger partial charge in [-0.3, -0.25) is 0 Å². The molecule has 20 heavy (non-hydrogen) atoms. The average Bonchev–Trinajstić information content (AvgIpc) is 3.01. The van der Waals surface area contributed by atoms with E-state index in [1.54, 1.807) is 13.4 Å². The highest BCUT2D eigenvalue weighted by Gasteiger charge is 2.19. The third kappa shape index (κ3) is 4.42. The summed E-state index contributed by atoms with van der Waals surface area (Å²) in [7, 11) is 1.63. The number of hydrogen-bond acceptors (Lipinski definition) is 5. The van der Waals surface area contributed by atoms with Crippen molar-refractivity contribution in [3.63, 3.8) is 0 Å². The van der Waals surface area contributed by atoms with Crippen molar-refractivity contribution in [3.05, 3.63) is 18.1 Å². The van der Waals surface area contributed by atoms with E-state index in [-0.39, 0.29) is 6.04 Å². The van der Waals surface area contributed by atoms with E-state index >= 15 is 0 Å². The zero-order chi connectivity index (χ0) is 14.2. The van der Waals surface area contributed by atoms with Crippen LogP contribution in [0.1, 0.15) is 50.8 Å². The maximum Gasteiger partial charge on any atom is 0.216 e. The largest absolute Gasteiger partial charge is 0.481 e. The Morgan fingerprint density at radius 3 is 3.10 bits per heavy atom. The molecule has 0 amide bonds. The molecule has 0 bridgehead atoms. The van der Waals surface area contributed by atoms with Crippen LogP contribution in [-0.2, 0) is 4.74 Å². The molecule has 0 aliphatic carbocycles. The first-order chi connectivity index (χ1) is 9.83. The van der Waals surface area contributed by atoms with E-state index in [9.17, 15) is 0 Å². The SMILES string of the molecule is CCCNC(CCC1CCCO1)c1cc(OC)ncn1. The molecule has 5 heteroatoms. The molecule has 2 atom stereocenters. The van der Waals surface area contributed by atoms with Crippen molar-refractivity contribution in [1.29, 1.82) is 0 Å². The highest BCUT2D eigenvalue weighted by Crippen LogP contribution is 2.24. The number of rotatable bonds is 8. The fraction of sp³-hybridized carbons (Fsp3) is 0.733. The second-order valence-electron chi connectivity index (χ2n) is 5.20. The van der Waals surface area contributed by atoms with Crippen LogP contribution in [0.15, 0.2) is 12.4 Å². The minimum absolute atomic E-state index is 0.246. The van der Waals surface area contributed by atoms with Gasteiger partial charge in [0, 0.05) is 18.7 Å². The van der Waals surface area contributed by atoms with E-state index in [1.807, 2.05) is 6.07 Å². The van der Waals surface area contributed by atoms with E-state index < -0.39 is 0 Å². The van der Waals surface area contributed by atoms with Gasteiger partial charge in [0.1, 0.15) is 6.33 Å². The molecule has 2 rings (SSSR count). The number of nitrogens with zero attached hydrogens (tertiary/aromatic N) is 2. The Morgan fingerprint density at radius 1 is 1.50 bits per heavy atom. The van der Waals surface area contributed by atoms with Crippen LogP contribution in [0.2, 0.25) is 0 Å². The molecular formula is C15H25N3O2. The first-order valence-corrected chi connectivity index (χ1v) is 7.54. The topological polar surface area (TPSA) is 56.3 Å². The van der Waals surface area contributed by atoms with Gasteiger partial charge in [-0.25, -0.2) is 9.97 Å². The molecule has 0 saturated carbocycles. The molecule has 1 saturated heterocycles. The lowest BCUT2D eigenvalue weighted by molar-refractivity contribution is 0.0994. The molecule has 2 unspecified atom stereocenters. The van der Waals surface area contributed by atoms with Gasteiger partial charge >= 0.3 is 0 Å². The summed E-state index contributed by atoms with van der Waals surface area (Å²) in [6, 6.07) is 2.17. The molecule has 5 nitrogen and oxygen atoms in total. The second-order valence-corrected chi connectivity index (χ2v) is 5.20. The molecule has 1 aliphatic heterocycles. The maximum absolute atomic E-state index is 5.70. The van der Waals surface area contributed by atoms with E-state index in [4.69, 9.17) is 9.47 Å². The van der Waals surface area contributed by atoms with Gasteiger partial charge in [0.25, 0.3) is 0 Å². The zero-order valence-corrected chi connectivity index (χ0v) is 12.5. The van der Waals surface area contributed by atoms with Crippen molar-refractivity contribution in [2.45, 2.75) is 51.2 Å². The van der Waals surface area contributed by atoms with Gasteiger partial charge in [0.15, 0.2) is 0 Å². The normalized spacial score (nSPS) is 20.0. The van der Waals surface area contributed by atoms with Gasteiger partial charge in [0.2, 0.25) is 5.88 Å². The van der Waals surface area contributed by atoms with Crippen LogP contribution in [0, 0.1) is 0 Å². The quantitative estimate of drug-likeness (QED) is 0.792. The summed E-state index contributed by atoms with van der Waals surface area (Å²) in [5.74, 6) is 0.621. The number of hydrogen-bond donors (Lipinski definition) is 1. The van der Waals surface area contributed by atoms with Crippen LogP contribution in [-0.4, -0.2) is 36.3 Å². The molecule has 2 heterocycles. The number of aromatic nitrogens is 2. The summed E-state index contributed by atoms with van der Waals surface area (Å²) in [6.45, 7) is 4.08. The predicted octanol–water partition coefficient (Wildman–Crippen LogP) is 2.49. The Morgan fingerprint density at radius 2 is 2.40 bits per heavy atom. The third-order valence-corrected chi connectivity index (χ3v) is 3.67. The first-order valence-electron chi connectivity index (χ1n) is 7.54. The molecule has 0 radical (unpaired) electrons. The van der Waals surface area contributed by atoms with Crippen LogP contribution in [0.3, 0.4) is 0 Å². The molecule has 1 fully saturated rings. The van der Waals surface area contributed by atoms with Crippen molar-refractivity contribution in [2.75, 3.05) is 20.3 Å². The lowest BCUT2D eigenvalue weighted by Gasteiger charge is -2.20. The van der Waals surface area contributed by atoms with Gasteiger partial charge in [-0.1, -0.05) is 6.92 Å². The molecule has 1 N–H and O–H groups in total. The minimum Gasteiger partial charge on any atom is -0.481 e. The second kappa shape index (κ2) is 8.17. The van der Waals surface area contributed by atoms with E-state index in [0.29, 0.717) is 12.0 Å². The molecule has 1 aromatic rings. The van der Waals surface area contributed by atoms with Gasteiger partial charge in [-0.2, -0.15) is 0 Å². The minimum atomic E-state index is 0.246. The third-order valence-electron chi connectivity index (χ3n) is 3.67. The molecular weight excluding hydrogens is 254 g/mol. The van der Waals surface area contributed by atoms with Crippen molar-refractivity contribution in [2.24, 2.45) is 0 Å². The lowest BCUT2D eigenvalue weighted by Crippen LogP contribution is -2.24. The van der Waals surface area contributed by atoms with E-state index in [2.05, 4.69) is 22.2 Å². The summed E-state index contributed by atoms with van der Waals surface area (Å²) in [6.07, 6.45) is 7.59. The fourth-order valence-corrected chi connectivity index (χ4v) is 2.55. The zero-order valence-electron chi connectivity index (χ0n) is 12.5. The average molecular weight is 279 g/mol. The molecule has 1 aliphatic rings. The molecule has 0 spiro atoms. The summed E-state index contributed by atoms with van der Waals surface area (Å²) in [5.41, 5.74) is 1.00. The highest BCUT2D eigenvalue weighted by atomic mass is 16.5. The van der Waals surface area contributed by atoms with Crippen molar-refractivity contribution in [3.8, 4) is 5.88 Å². The standard InChI is InChI=1S/C15H25N3O2/c1-3-8-16-13(7-6-12-5-4-9-20-12)14-10-15(19-2)18-11-17-14/h10-13,16H,3-9H2,1-2H3. The number of nitrogens with one attached hydrogen (secondary N) is 1. The van der Waals surface area contributed by atoms with Gasteiger partial charge < -0.3 is 14.8 Å². The lowest BCUT2D eigenvalue weighted by atomic mass is 10.0. The fourth-order valence-electron chi connectivity index (χ4n) is 2.55. The molecule has 112 valence electrons. The van der Waals surface area contributed by atoms with Crippen LogP contribution in [0.4, 0.5) is 0 Å². The van der Waals surface area contributed by atoms with Crippen LogP contribution < -0.4 is 10.1 Å². The number of ether oxygens (including phenoxy) is 2. The van der Waals surface area contributed by atoms with Gasteiger partial charge in [0.05, 0.1) is 18.9 Å². The Kier molecular flexibility index (Phi) is 6.21. The van der Waals surface area contributed by atoms with E-state index in [0.717, 1.165) is 38.1 Å². The Hall–Kier alpha value is -1.20. The Labute approximate surface area is 121 Å². The van der Waals surface area contributed by atoms with Crippen LogP contribution >= 0.6 is 0 Å². The monoisotopic (exact) mass is 279 g/mol.